The van der Waals surface area contributed by atoms with E-state index >= 15 is 0 Å². The van der Waals surface area contributed by atoms with E-state index < -0.39 is 0 Å². The maximum Gasteiger partial charge on any atom is 0.247 e. The van der Waals surface area contributed by atoms with Gasteiger partial charge in [0.05, 0.1) is 18.2 Å². The van der Waals surface area contributed by atoms with Gasteiger partial charge in [-0.3, -0.25) is 4.79 Å². The minimum Gasteiger partial charge on any atom is -0.398 e. The second-order valence-corrected chi connectivity index (χ2v) is 4.76. The zero-order valence-corrected chi connectivity index (χ0v) is 11.4. The molecule has 0 aliphatic carbocycles. The second-order valence-electron chi connectivity index (χ2n) is 4.76. The quantitative estimate of drug-likeness (QED) is 0.807. The van der Waals surface area contributed by atoms with E-state index in [1.807, 2.05) is 6.92 Å². The Bertz CT molecular complexity index is 614. The van der Waals surface area contributed by atoms with Gasteiger partial charge >= 0.3 is 0 Å². The average Bonchev–Trinajstić information content (AvgIpc) is 2.80. The molecule has 0 bridgehead atoms. The van der Waals surface area contributed by atoms with Crippen molar-refractivity contribution in [1.82, 2.24) is 4.90 Å². The number of nitriles is 1. The van der Waals surface area contributed by atoms with E-state index in [4.69, 9.17) is 5.73 Å². The van der Waals surface area contributed by atoms with Gasteiger partial charge in [-0.1, -0.05) is 6.92 Å². The summed E-state index contributed by atoms with van der Waals surface area (Å²) in [5, 5.41) is 18.7. The van der Waals surface area contributed by atoms with Gasteiger partial charge < -0.3 is 15.7 Å². The number of hydrogen-bond donors (Lipinski definition) is 2. The van der Waals surface area contributed by atoms with Gasteiger partial charge in [0.1, 0.15) is 0 Å². The van der Waals surface area contributed by atoms with Crippen molar-refractivity contribution in [3.8, 4) is 6.07 Å². The first-order valence-electron chi connectivity index (χ1n) is 6.54. The number of anilines is 1. The average molecular weight is 271 g/mol. The van der Waals surface area contributed by atoms with E-state index in [1.165, 1.54) is 6.08 Å². The number of amides is 1. The van der Waals surface area contributed by atoms with E-state index in [0.717, 1.165) is 12.0 Å². The Morgan fingerprint density at radius 1 is 1.50 bits per heavy atom. The maximum absolute atomic E-state index is 11.9. The minimum atomic E-state index is -0.254. The summed E-state index contributed by atoms with van der Waals surface area (Å²) in [5.41, 5.74) is 8.58. The van der Waals surface area contributed by atoms with Gasteiger partial charge in [-0.15, -0.1) is 0 Å². The lowest BCUT2D eigenvalue weighted by Gasteiger charge is -2.17. The van der Waals surface area contributed by atoms with E-state index in [0.29, 0.717) is 35.5 Å². The second kappa shape index (κ2) is 5.76. The molecule has 0 atom stereocenters. The summed E-state index contributed by atoms with van der Waals surface area (Å²) in [6.45, 7) is 2.89. The van der Waals surface area contributed by atoms with Crippen LogP contribution in [0.2, 0.25) is 0 Å². The summed E-state index contributed by atoms with van der Waals surface area (Å²) < 4.78 is 0. The van der Waals surface area contributed by atoms with Gasteiger partial charge in [0, 0.05) is 36.0 Å². The van der Waals surface area contributed by atoms with Crippen LogP contribution in [0, 0.1) is 11.3 Å². The number of carbonyl (C=O) groups excluding carboxylic acids is 1. The molecule has 20 heavy (non-hydrogen) atoms. The molecule has 0 fully saturated rings. The fraction of sp³-hybridized carbons (Fsp3) is 0.333. The number of aliphatic hydroxyl groups excluding tert-OH is 1. The highest BCUT2D eigenvalue weighted by atomic mass is 16.3. The number of carbonyl (C=O) groups is 1. The summed E-state index contributed by atoms with van der Waals surface area (Å²) in [7, 11) is 0. The summed E-state index contributed by atoms with van der Waals surface area (Å²) >= 11 is 0. The number of rotatable bonds is 4. The van der Waals surface area contributed by atoms with Crippen LogP contribution in [-0.4, -0.2) is 29.0 Å². The minimum absolute atomic E-state index is 0.0583. The molecule has 1 aliphatic heterocycles. The molecule has 1 aromatic carbocycles. The zero-order valence-electron chi connectivity index (χ0n) is 11.4. The van der Waals surface area contributed by atoms with E-state index in [1.54, 1.807) is 17.0 Å². The summed E-state index contributed by atoms with van der Waals surface area (Å²) in [6.07, 6.45) is 2.41. The SMILES string of the molecule is CCCN1CC(c2c(C#N)ccc(N)c2CO)=CC1=O. The molecule has 1 aliphatic rings. The zero-order chi connectivity index (χ0) is 14.7. The largest absolute Gasteiger partial charge is 0.398 e. The van der Waals surface area contributed by atoms with Crippen molar-refractivity contribution >= 4 is 17.2 Å². The predicted octanol–water partition coefficient (Wildman–Crippen LogP) is 1.27. The molecule has 2 rings (SSSR count). The molecule has 104 valence electrons. The predicted molar refractivity (Wildman–Crippen MR) is 76.3 cm³/mol. The summed E-state index contributed by atoms with van der Waals surface area (Å²) in [4.78, 5) is 13.6. The lowest BCUT2D eigenvalue weighted by atomic mass is 9.94. The van der Waals surface area contributed by atoms with Gasteiger partial charge in [-0.2, -0.15) is 5.26 Å². The Morgan fingerprint density at radius 2 is 2.25 bits per heavy atom. The molecule has 0 unspecified atom stereocenters. The summed E-state index contributed by atoms with van der Waals surface area (Å²) in [6, 6.07) is 5.33. The number of benzene rings is 1. The molecular formula is C15H17N3O2. The third-order valence-electron chi connectivity index (χ3n) is 3.41. The highest BCUT2D eigenvalue weighted by Gasteiger charge is 2.25. The molecule has 1 amide bonds. The first-order chi connectivity index (χ1) is 9.62. The van der Waals surface area contributed by atoms with Crippen LogP contribution in [0.5, 0.6) is 0 Å². The molecule has 1 heterocycles. The van der Waals surface area contributed by atoms with Crippen molar-refractivity contribution in [2.75, 3.05) is 18.8 Å². The lowest BCUT2D eigenvalue weighted by Crippen LogP contribution is -2.26. The molecule has 0 radical (unpaired) electrons. The van der Waals surface area contributed by atoms with Gasteiger partial charge in [-0.25, -0.2) is 0 Å². The van der Waals surface area contributed by atoms with E-state index in [2.05, 4.69) is 6.07 Å². The smallest absolute Gasteiger partial charge is 0.247 e. The van der Waals surface area contributed by atoms with Crippen molar-refractivity contribution in [3.05, 3.63) is 34.9 Å². The van der Waals surface area contributed by atoms with Crippen molar-refractivity contribution in [2.45, 2.75) is 20.0 Å². The Hall–Kier alpha value is -2.32. The molecular weight excluding hydrogens is 254 g/mol. The van der Waals surface area contributed by atoms with Crippen molar-refractivity contribution in [3.63, 3.8) is 0 Å². The fourth-order valence-corrected chi connectivity index (χ4v) is 2.47. The summed E-state index contributed by atoms with van der Waals surface area (Å²) in [5.74, 6) is -0.0583. The first kappa shape index (κ1) is 14.1. The third kappa shape index (κ3) is 2.38. The Balaban J connectivity index is 2.49. The number of nitrogens with zero attached hydrogens (tertiary/aromatic N) is 2. The highest BCUT2D eigenvalue weighted by Crippen LogP contribution is 2.31. The van der Waals surface area contributed by atoms with Crippen molar-refractivity contribution < 1.29 is 9.90 Å². The number of aliphatic hydroxyl groups is 1. The molecule has 5 nitrogen and oxygen atoms in total. The van der Waals surface area contributed by atoms with E-state index in [-0.39, 0.29) is 12.5 Å². The van der Waals surface area contributed by atoms with Crippen LogP contribution >= 0.6 is 0 Å². The van der Waals surface area contributed by atoms with Crippen molar-refractivity contribution in [2.24, 2.45) is 0 Å². The normalized spacial score (nSPS) is 14.3. The van der Waals surface area contributed by atoms with E-state index in [9.17, 15) is 15.2 Å². The molecule has 3 N–H and O–H groups in total. The van der Waals surface area contributed by atoms with Crippen LogP contribution in [0.3, 0.4) is 0 Å². The number of nitrogens with two attached hydrogens (primary N) is 1. The van der Waals surface area contributed by atoms with Crippen LogP contribution in [0.25, 0.3) is 5.57 Å². The fourth-order valence-electron chi connectivity index (χ4n) is 2.47. The van der Waals surface area contributed by atoms with Crippen LogP contribution in [-0.2, 0) is 11.4 Å². The van der Waals surface area contributed by atoms with Crippen LogP contribution in [0.1, 0.15) is 30.0 Å². The Morgan fingerprint density at radius 3 is 2.85 bits per heavy atom. The van der Waals surface area contributed by atoms with Gasteiger partial charge in [-0.05, 0) is 24.1 Å². The Kier molecular flexibility index (Phi) is 4.06. The molecule has 0 saturated heterocycles. The topological polar surface area (TPSA) is 90.3 Å². The number of hydrogen-bond acceptors (Lipinski definition) is 4. The van der Waals surface area contributed by atoms with Gasteiger partial charge in [0.2, 0.25) is 5.91 Å². The molecule has 0 spiro atoms. The van der Waals surface area contributed by atoms with Crippen molar-refractivity contribution in [1.29, 1.82) is 5.26 Å². The molecule has 0 saturated carbocycles. The standard InChI is InChI=1S/C15H17N3O2/c1-2-5-18-8-11(6-14(18)20)15-10(7-16)3-4-13(17)12(15)9-19/h3-4,6,19H,2,5,8-9,17H2,1H3. The van der Waals surface area contributed by atoms with Crippen LogP contribution in [0.15, 0.2) is 18.2 Å². The highest BCUT2D eigenvalue weighted by molar-refractivity contribution is 6.02. The van der Waals surface area contributed by atoms with Crippen LogP contribution < -0.4 is 5.73 Å². The third-order valence-corrected chi connectivity index (χ3v) is 3.41. The maximum atomic E-state index is 11.9. The first-order valence-corrected chi connectivity index (χ1v) is 6.54. The van der Waals surface area contributed by atoms with Gasteiger partial charge in [0.15, 0.2) is 0 Å². The van der Waals surface area contributed by atoms with Gasteiger partial charge in [0.25, 0.3) is 0 Å². The molecule has 0 aromatic heterocycles. The van der Waals surface area contributed by atoms with Crippen LogP contribution in [0.4, 0.5) is 5.69 Å². The molecule has 1 aromatic rings. The Labute approximate surface area is 117 Å². The molecule has 5 heteroatoms. The lowest BCUT2D eigenvalue weighted by molar-refractivity contribution is -0.124. The monoisotopic (exact) mass is 271 g/mol. The number of nitrogen functional groups attached to an aromatic ring is 1.